The molecular formula is C19H21N3O3. The van der Waals surface area contributed by atoms with Gasteiger partial charge in [0.1, 0.15) is 0 Å². The van der Waals surface area contributed by atoms with Crippen LogP contribution in [0.15, 0.2) is 30.3 Å². The summed E-state index contributed by atoms with van der Waals surface area (Å²) in [5.41, 5.74) is 2.52. The van der Waals surface area contributed by atoms with Crippen LogP contribution in [-0.2, 0) is 4.74 Å². The number of cyclic esters (lactones) is 1. The minimum absolute atomic E-state index is 0.120. The third kappa shape index (κ3) is 3.43. The van der Waals surface area contributed by atoms with Crippen molar-refractivity contribution in [3.05, 3.63) is 41.6 Å². The Labute approximate surface area is 146 Å². The number of benzene rings is 1. The molecule has 2 aromatic rings. The van der Waals surface area contributed by atoms with Gasteiger partial charge in [0.2, 0.25) is 0 Å². The summed E-state index contributed by atoms with van der Waals surface area (Å²) >= 11 is 0. The van der Waals surface area contributed by atoms with Gasteiger partial charge in [-0.15, -0.1) is 0 Å². The van der Waals surface area contributed by atoms with E-state index in [-0.39, 0.29) is 12.0 Å². The van der Waals surface area contributed by atoms with Crippen LogP contribution in [0, 0.1) is 0 Å². The first-order valence-electron chi connectivity index (χ1n) is 8.82. The Morgan fingerprint density at radius 1 is 1.32 bits per heavy atom. The molecule has 1 aromatic heterocycles. The summed E-state index contributed by atoms with van der Waals surface area (Å²) in [6.45, 7) is 2.03. The molecule has 1 saturated carbocycles. The zero-order chi connectivity index (χ0) is 17.2. The minimum Gasteiger partial charge on any atom is -0.449 e. The largest absolute Gasteiger partial charge is 0.449 e. The first-order valence-corrected chi connectivity index (χ1v) is 8.82. The molecule has 0 bridgehead atoms. The lowest BCUT2D eigenvalue weighted by molar-refractivity contribution is 0.0719. The van der Waals surface area contributed by atoms with Crippen molar-refractivity contribution in [3.8, 4) is 0 Å². The van der Waals surface area contributed by atoms with Crippen LogP contribution in [0.25, 0.3) is 10.9 Å². The van der Waals surface area contributed by atoms with E-state index in [4.69, 9.17) is 9.72 Å². The smallest absolute Gasteiger partial charge is 0.409 e. The fourth-order valence-corrected chi connectivity index (χ4v) is 3.17. The van der Waals surface area contributed by atoms with Crippen molar-refractivity contribution < 1.29 is 14.3 Å². The molecular weight excluding hydrogens is 318 g/mol. The van der Waals surface area contributed by atoms with Crippen LogP contribution < -0.4 is 5.32 Å². The van der Waals surface area contributed by atoms with Gasteiger partial charge in [0.15, 0.2) is 0 Å². The summed E-state index contributed by atoms with van der Waals surface area (Å²) in [5, 5.41) is 3.79. The fraction of sp³-hybridized carbons (Fsp3) is 0.421. The van der Waals surface area contributed by atoms with Crippen molar-refractivity contribution in [2.45, 2.75) is 25.2 Å². The topological polar surface area (TPSA) is 71.5 Å². The fourth-order valence-electron chi connectivity index (χ4n) is 3.17. The SMILES string of the molecule is O=C(NCCN1CCCOC1=O)c1cc(C2CC2)nc2ccccc12. The number of nitrogens with zero attached hydrogens (tertiary/aromatic N) is 2. The van der Waals surface area contributed by atoms with Gasteiger partial charge in [0.05, 0.1) is 17.7 Å². The molecule has 2 amide bonds. The quantitative estimate of drug-likeness (QED) is 0.909. The molecule has 1 aromatic carbocycles. The molecule has 0 radical (unpaired) electrons. The lowest BCUT2D eigenvalue weighted by Crippen LogP contribution is -2.42. The van der Waals surface area contributed by atoms with Gasteiger partial charge in [0.25, 0.3) is 5.91 Å². The number of aromatic nitrogens is 1. The highest BCUT2D eigenvalue weighted by atomic mass is 16.6. The van der Waals surface area contributed by atoms with Gasteiger partial charge in [-0.05, 0) is 31.4 Å². The molecule has 1 aliphatic carbocycles. The maximum atomic E-state index is 12.7. The van der Waals surface area contributed by atoms with Crippen LogP contribution in [0.3, 0.4) is 0 Å². The van der Waals surface area contributed by atoms with Crippen LogP contribution in [0.2, 0.25) is 0 Å². The summed E-state index contributed by atoms with van der Waals surface area (Å²) in [6, 6.07) is 9.65. The average Bonchev–Trinajstić information content (AvgIpc) is 3.47. The van der Waals surface area contributed by atoms with Crippen molar-refractivity contribution in [1.82, 2.24) is 15.2 Å². The number of hydrogen-bond acceptors (Lipinski definition) is 4. The van der Waals surface area contributed by atoms with E-state index in [0.29, 0.717) is 37.7 Å². The number of amides is 2. The summed E-state index contributed by atoms with van der Waals surface area (Å²) in [5.74, 6) is 0.366. The van der Waals surface area contributed by atoms with E-state index in [1.807, 2.05) is 30.3 Å². The maximum Gasteiger partial charge on any atom is 0.409 e. The molecule has 2 heterocycles. The minimum atomic E-state index is -0.300. The van der Waals surface area contributed by atoms with Crippen molar-refractivity contribution in [2.24, 2.45) is 0 Å². The van der Waals surface area contributed by atoms with E-state index in [9.17, 15) is 9.59 Å². The highest BCUT2D eigenvalue weighted by Crippen LogP contribution is 2.40. The van der Waals surface area contributed by atoms with Gasteiger partial charge < -0.3 is 15.0 Å². The Morgan fingerprint density at radius 3 is 2.96 bits per heavy atom. The van der Waals surface area contributed by atoms with Crippen molar-refractivity contribution >= 4 is 22.9 Å². The third-order valence-corrected chi connectivity index (χ3v) is 4.70. The zero-order valence-electron chi connectivity index (χ0n) is 14.0. The van der Waals surface area contributed by atoms with Crippen LogP contribution in [0.5, 0.6) is 0 Å². The number of pyridine rings is 1. The Morgan fingerprint density at radius 2 is 2.16 bits per heavy atom. The molecule has 0 spiro atoms. The number of carbonyl (C=O) groups excluding carboxylic acids is 2. The first kappa shape index (κ1) is 15.9. The molecule has 6 nitrogen and oxygen atoms in total. The van der Waals surface area contributed by atoms with Crippen molar-refractivity contribution in [1.29, 1.82) is 0 Å². The Balaban J connectivity index is 1.48. The van der Waals surface area contributed by atoms with E-state index in [2.05, 4.69) is 5.32 Å². The van der Waals surface area contributed by atoms with Crippen LogP contribution in [-0.4, -0.2) is 48.1 Å². The second-order valence-electron chi connectivity index (χ2n) is 6.60. The number of para-hydroxylation sites is 1. The van der Waals surface area contributed by atoms with E-state index in [1.165, 1.54) is 0 Å². The van der Waals surface area contributed by atoms with E-state index in [1.54, 1.807) is 4.90 Å². The molecule has 1 saturated heterocycles. The Bertz CT molecular complexity index is 817. The predicted octanol–water partition coefficient (Wildman–Crippen LogP) is 2.68. The number of ether oxygens (including phenoxy) is 1. The summed E-state index contributed by atoms with van der Waals surface area (Å²) in [4.78, 5) is 30.7. The molecule has 25 heavy (non-hydrogen) atoms. The Hall–Kier alpha value is -2.63. The Kier molecular flexibility index (Phi) is 4.26. The second-order valence-corrected chi connectivity index (χ2v) is 6.60. The number of nitrogens with one attached hydrogen (secondary N) is 1. The molecule has 0 atom stereocenters. The molecule has 6 heteroatoms. The number of carbonyl (C=O) groups is 2. The molecule has 1 N–H and O–H groups in total. The van der Waals surface area contributed by atoms with Crippen LogP contribution >= 0.6 is 0 Å². The summed E-state index contributed by atoms with van der Waals surface area (Å²) in [6.07, 6.45) is 2.82. The maximum absolute atomic E-state index is 12.7. The van der Waals surface area contributed by atoms with Crippen molar-refractivity contribution in [3.63, 3.8) is 0 Å². The van der Waals surface area contributed by atoms with Crippen LogP contribution in [0.4, 0.5) is 4.79 Å². The van der Waals surface area contributed by atoms with Gasteiger partial charge >= 0.3 is 6.09 Å². The number of hydrogen-bond donors (Lipinski definition) is 1. The summed E-state index contributed by atoms with van der Waals surface area (Å²) in [7, 11) is 0. The predicted molar refractivity (Wildman–Crippen MR) is 93.6 cm³/mol. The standard InChI is InChI=1S/C19H21N3O3/c23-18(20-8-10-22-9-3-11-25-19(22)24)15-12-17(13-6-7-13)21-16-5-2-1-4-14(15)16/h1-2,4-5,12-13H,3,6-11H2,(H,20,23). The van der Waals surface area contributed by atoms with E-state index in [0.717, 1.165) is 35.9 Å². The van der Waals surface area contributed by atoms with Gasteiger partial charge in [-0.2, -0.15) is 0 Å². The van der Waals surface area contributed by atoms with Gasteiger partial charge in [-0.25, -0.2) is 4.79 Å². The molecule has 130 valence electrons. The molecule has 2 fully saturated rings. The molecule has 2 aliphatic rings. The van der Waals surface area contributed by atoms with Gasteiger partial charge in [-0.3, -0.25) is 9.78 Å². The molecule has 4 rings (SSSR count). The lowest BCUT2D eigenvalue weighted by atomic mass is 10.1. The highest BCUT2D eigenvalue weighted by molar-refractivity contribution is 6.06. The van der Waals surface area contributed by atoms with Crippen LogP contribution in [0.1, 0.15) is 41.2 Å². The lowest BCUT2D eigenvalue weighted by Gasteiger charge is -2.26. The van der Waals surface area contributed by atoms with Gasteiger partial charge in [-0.1, -0.05) is 18.2 Å². The van der Waals surface area contributed by atoms with Gasteiger partial charge in [0, 0.05) is 36.6 Å². The summed E-state index contributed by atoms with van der Waals surface area (Å²) < 4.78 is 5.01. The van der Waals surface area contributed by atoms with Crippen molar-refractivity contribution in [2.75, 3.05) is 26.2 Å². The first-order chi connectivity index (χ1) is 12.2. The normalized spacial score (nSPS) is 17.4. The second kappa shape index (κ2) is 6.70. The number of rotatable bonds is 5. The molecule has 0 unspecified atom stereocenters. The van der Waals surface area contributed by atoms with E-state index < -0.39 is 0 Å². The number of fused-ring (bicyclic) bond motifs is 1. The third-order valence-electron chi connectivity index (χ3n) is 4.70. The monoisotopic (exact) mass is 339 g/mol. The van der Waals surface area contributed by atoms with E-state index >= 15 is 0 Å². The average molecular weight is 339 g/mol. The zero-order valence-corrected chi connectivity index (χ0v) is 14.0. The highest BCUT2D eigenvalue weighted by Gasteiger charge is 2.27. The molecule has 1 aliphatic heterocycles.